The zero-order valence-electron chi connectivity index (χ0n) is 41.6. The van der Waals surface area contributed by atoms with Crippen molar-refractivity contribution in [2.75, 3.05) is 81.3 Å². The molecule has 19 nitrogen and oxygen atoms in total. The Morgan fingerprint density at radius 3 is 1.46 bits per heavy atom. The van der Waals surface area contributed by atoms with E-state index in [1.807, 2.05) is 44.9 Å². The van der Waals surface area contributed by atoms with Crippen molar-refractivity contribution < 1.29 is 47.0 Å². The number of aromatic carboxylic acids is 1. The zero-order valence-corrected chi connectivity index (χ0v) is 41.6. The summed E-state index contributed by atoms with van der Waals surface area (Å²) in [5.74, 6) is -4.86. The van der Waals surface area contributed by atoms with Gasteiger partial charge in [-0.05, 0) is 109 Å². The van der Waals surface area contributed by atoms with E-state index in [0.29, 0.717) is 65.4 Å². The summed E-state index contributed by atoms with van der Waals surface area (Å²) in [6, 6.07) is 14.9. The number of carbonyl (C=O) groups is 4. The first-order valence-electron chi connectivity index (χ1n) is 23.3. The highest BCUT2D eigenvalue weighted by molar-refractivity contribution is 6.04. The Kier molecular flexibility index (Phi) is 16.7. The van der Waals surface area contributed by atoms with Crippen LogP contribution in [0.1, 0.15) is 49.9 Å². The lowest BCUT2D eigenvalue weighted by Crippen LogP contribution is -2.43. The van der Waals surface area contributed by atoms with Crippen LogP contribution in [0.5, 0.6) is 0 Å². The van der Waals surface area contributed by atoms with Gasteiger partial charge < -0.3 is 46.6 Å². The zero-order chi connectivity index (χ0) is 53.5. The fourth-order valence-electron chi connectivity index (χ4n) is 7.90. The quantitative estimate of drug-likeness (QED) is 0.0487. The van der Waals surface area contributed by atoms with E-state index in [-0.39, 0.29) is 54.6 Å². The topological polar surface area (TPSA) is 233 Å². The second kappa shape index (κ2) is 23.1. The highest BCUT2D eigenvalue weighted by atomic mass is 19.1. The number of benzene rings is 4. The second-order valence-corrected chi connectivity index (χ2v) is 17.9. The number of fused-ring (bicyclic) bond motifs is 2. The van der Waals surface area contributed by atoms with Crippen molar-refractivity contribution in [1.29, 1.82) is 0 Å². The molecule has 0 unspecified atom stereocenters. The molecule has 7 N–H and O–H groups in total. The van der Waals surface area contributed by atoms with Crippen LogP contribution in [0.4, 0.5) is 62.1 Å². The summed E-state index contributed by atoms with van der Waals surface area (Å²) in [5, 5.41) is 33.2. The Morgan fingerprint density at radius 1 is 0.662 bits per heavy atom. The van der Waals surface area contributed by atoms with Crippen molar-refractivity contribution in [3.8, 4) is 22.5 Å². The monoisotopic (exact) mass is 1020 g/mol. The van der Waals surface area contributed by atoms with Crippen molar-refractivity contribution in [3.05, 3.63) is 129 Å². The van der Waals surface area contributed by atoms with E-state index in [2.05, 4.69) is 41.5 Å². The number of carboxylic acid groups (broad SMARTS) is 1. The number of aliphatic hydroxyl groups is 1. The first kappa shape index (κ1) is 53.5. The number of aliphatic hydroxyl groups excluding tert-OH is 1. The summed E-state index contributed by atoms with van der Waals surface area (Å²) < 4.78 is 59.2. The van der Waals surface area contributed by atoms with Gasteiger partial charge in [-0.2, -0.15) is 9.97 Å². The smallest absolute Gasteiger partial charge is 0.335 e. The highest BCUT2D eigenvalue weighted by Crippen LogP contribution is 2.41. The summed E-state index contributed by atoms with van der Waals surface area (Å²) in [6.07, 6.45) is -0.711. The number of carboxylic acids is 1. The lowest BCUT2D eigenvalue weighted by Gasteiger charge is -2.31. The van der Waals surface area contributed by atoms with Gasteiger partial charge in [0.05, 0.1) is 36.1 Å². The van der Waals surface area contributed by atoms with E-state index in [0.717, 1.165) is 45.2 Å². The van der Waals surface area contributed by atoms with Gasteiger partial charge in [0.15, 0.2) is 11.6 Å². The van der Waals surface area contributed by atoms with Gasteiger partial charge in [0.1, 0.15) is 34.6 Å². The number of urea groups is 2. The third-order valence-corrected chi connectivity index (χ3v) is 11.7. The lowest BCUT2D eigenvalue weighted by atomic mass is 9.97. The molecule has 2 aromatic heterocycles. The van der Waals surface area contributed by atoms with E-state index in [9.17, 15) is 47.0 Å². The fraction of sp³-hybridized carbons (Fsp3) is 0.294. The van der Waals surface area contributed by atoms with Crippen LogP contribution < -0.4 is 36.4 Å². The number of aryl methyl sites for hydroxylation is 2. The lowest BCUT2D eigenvalue weighted by molar-refractivity contribution is 0.0696. The van der Waals surface area contributed by atoms with Crippen LogP contribution in [0.3, 0.4) is 0 Å². The molecule has 5 amide bonds. The average Bonchev–Trinajstić information content (AvgIpc) is 3.34. The minimum atomic E-state index is -1.11. The summed E-state index contributed by atoms with van der Waals surface area (Å²) in [6.45, 7) is 7.51. The first-order chi connectivity index (χ1) is 35.2. The number of rotatable bonds is 16. The maximum Gasteiger partial charge on any atom is 0.335 e. The van der Waals surface area contributed by atoms with Crippen LogP contribution in [-0.4, -0.2) is 131 Å². The van der Waals surface area contributed by atoms with Gasteiger partial charge in [0, 0.05) is 60.5 Å². The minimum absolute atomic E-state index is 0.00589. The molecule has 0 aliphatic carbocycles. The largest absolute Gasteiger partial charge is 0.478 e. The third kappa shape index (κ3) is 12.0. The van der Waals surface area contributed by atoms with Gasteiger partial charge >= 0.3 is 18.0 Å². The van der Waals surface area contributed by atoms with Gasteiger partial charge in [0.2, 0.25) is 11.9 Å². The third-order valence-electron chi connectivity index (χ3n) is 11.7. The molecular weight excluding hydrogens is 967 g/mol. The summed E-state index contributed by atoms with van der Waals surface area (Å²) in [7, 11) is 7.61. The number of para-hydroxylation sites is 2. The molecule has 23 heteroatoms. The Hall–Kier alpha value is -8.28. The number of aromatic nitrogens is 4. The number of anilines is 6. The number of nitrogens with one attached hydrogen (secondary N) is 5. The van der Waals surface area contributed by atoms with Crippen LogP contribution in [0.15, 0.2) is 72.8 Å². The molecule has 74 heavy (non-hydrogen) atoms. The highest BCUT2D eigenvalue weighted by Gasteiger charge is 2.36. The van der Waals surface area contributed by atoms with Crippen LogP contribution >= 0.6 is 0 Å². The maximum atomic E-state index is 14.9. The number of nitrogens with zero attached hydrogens (tertiary/aromatic N) is 8. The molecule has 0 fully saturated rings. The average molecular weight is 1020 g/mol. The minimum Gasteiger partial charge on any atom is -0.478 e. The van der Waals surface area contributed by atoms with Crippen LogP contribution in [0, 0.1) is 37.1 Å². The molecule has 0 radical (unpaired) electrons. The van der Waals surface area contributed by atoms with E-state index in [1.165, 1.54) is 24.3 Å². The molecule has 1 atom stereocenters. The van der Waals surface area contributed by atoms with Gasteiger partial charge in [0.25, 0.3) is 5.91 Å². The van der Waals surface area contributed by atoms with Crippen molar-refractivity contribution in [1.82, 2.24) is 45.7 Å². The van der Waals surface area contributed by atoms with Gasteiger partial charge in [-0.3, -0.25) is 4.79 Å². The molecule has 0 saturated carbocycles. The summed E-state index contributed by atoms with van der Waals surface area (Å²) >= 11 is 0. The van der Waals surface area contributed by atoms with Gasteiger partial charge in [-0.1, -0.05) is 24.3 Å². The number of hydrogen-bond donors (Lipinski definition) is 7. The standard InChI is InChI=1S/C27H31F2N7O3.C24H24F2N6O3/c1-15-8-9-17(25(38)31-13-16(2)37)12-18(15)22-19-14-32-27(39)36(23-20(28)6-5-7-21(23)29)24(19)34-26(33-22)30-10-11-35(3)4;1-13-7-8-14(22(33)34)11-15(13)19-16-12-28-24(35)32(20-17(25)5-4-6-18(20)26)21(16)30-23(29-19)27-9-10-31(2)3/h5-9,12,16,37H,10-11,13-14H2,1-4H3,(H,31,38)(H,32,39)(H,30,33,34);4-8,11H,9-10,12H2,1-3H3,(H,28,35)(H,33,34)(H,27,29,30)/t16-;/m1./s1. The number of likely N-dealkylation sites (N-methyl/N-ethyl adjacent to an activating group) is 2. The first-order valence-corrected chi connectivity index (χ1v) is 23.3. The Balaban J connectivity index is 0.000000217. The van der Waals surface area contributed by atoms with E-state index < -0.39 is 58.8 Å². The predicted octanol–water partition coefficient (Wildman–Crippen LogP) is 6.94. The van der Waals surface area contributed by atoms with Crippen molar-refractivity contribution >= 4 is 58.8 Å². The predicted molar refractivity (Wildman–Crippen MR) is 271 cm³/mol. The molecule has 6 aromatic rings. The van der Waals surface area contributed by atoms with Gasteiger partial charge in [-0.15, -0.1) is 0 Å². The van der Waals surface area contributed by atoms with Crippen LogP contribution in [0.2, 0.25) is 0 Å². The molecule has 8 rings (SSSR count). The Bertz CT molecular complexity index is 3080. The molecule has 0 spiro atoms. The van der Waals surface area contributed by atoms with E-state index in [1.54, 1.807) is 38.1 Å². The number of hydrogen-bond acceptors (Lipinski definition) is 13. The van der Waals surface area contributed by atoms with Gasteiger partial charge in [-0.25, -0.2) is 51.7 Å². The number of amides is 5. The van der Waals surface area contributed by atoms with Crippen molar-refractivity contribution in [2.24, 2.45) is 0 Å². The summed E-state index contributed by atoms with van der Waals surface area (Å²) in [4.78, 5) is 74.1. The Labute approximate surface area is 423 Å². The van der Waals surface area contributed by atoms with E-state index in [4.69, 9.17) is 4.98 Å². The normalized spacial score (nSPS) is 13.3. The molecule has 2 aliphatic heterocycles. The molecular formula is C51H55F4N13O6. The fourth-order valence-corrected chi connectivity index (χ4v) is 7.90. The number of halogens is 4. The molecule has 4 heterocycles. The second-order valence-electron chi connectivity index (χ2n) is 17.9. The van der Waals surface area contributed by atoms with Crippen LogP contribution in [0.25, 0.3) is 22.5 Å². The maximum absolute atomic E-state index is 14.9. The molecule has 388 valence electrons. The van der Waals surface area contributed by atoms with Crippen molar-refractivity contribution in [3.63, 3.8) is 0 Å². The summed E-state index contributed by atoms with van der Waals surface area (Å²) in [5.41, 5.74) is 3.45. The van der Waals surface area contributed by atoms with E-state index >= 15 is 0 Å². The Morgan fingerprint density at radius 2 is 1.07 bits per heavy atom. The molecule has 0 bridgehead atoms. The van der Waals surface area contributed by atoms with Crippen molar-refractivity contribution in [2.45, 2.75) is 40.0 Å². The van der Waals surface area contributed by atoms with Crippen LogP contribution in [-0.2, 0) is 13.1 Å². The SMILES string of the molecule is Cc1ccc(C(=O)NC[C@@H](C)O)cc1-c1nc(NCCN(C)C)nc2c1CNC(=O)N2c1c(F)cccc1F.Cc1ccc(C(=O)O)cc1-c1nc(NCCN(C)C)nc2c1CNC(=O)N2c1c(F)cccc1F. The molecule has 4 aromatic carbocycles. The molecule has 0 saturated heterocycles. The molecule has 2 aliphatic rings. The number of carbonyl (C=O) groups excluding carboxylic acids is 3.